The molecule has 7 nitrogen and oxygen atoms in total. The Labute approximate surface area is 143 Å². The third kappa shape index (κ3) is 4.05. The van der Waals surface area contributed by atoms with Crippen molar-refractivity contribution >= 4 is 21.8 Å². The van der Waals surface area contributed by atoms with E-state index in [2.05, 4.69) is 21.5 Å². The average Bonchev–Trinajstić information content (AvgIpc) is 2.55. The molecule has 132 valence electrons. The van der Waals surface area contributed by atoms with E-state index in [4.69, 9.17) is 0 Å². The van der Waals surface area contributed by atoms with Crippen molar-refractivity contribution in [1.82, 2.24) is 15.1 Å². The van der Waals surface area contributed by atoms with Crippen LogP contribution in [0.2, 0.25) is 0 Å². The van der Waals surface area contributed by atoms with E-state index < -0.39 is 10.0 Å². The highest BCUT2D eigenvalue weighted by atomic mass is 32.2. The summed E-state index contributed by atoms with van der Waals surface area (Å²) in [5.74, 6) is 0.254. The number of carbonyl (C=O) groups excluding carboxylic acids is 1. The van der Waals surface area contributed by atoms with E-state index >= 15 is 0 Å². The van der Waals surface area contributed by atoms with E-state index in [1.54, 1.807) is 23.3 Å². The minimum Gasteiger partial charge on any atom is -0.349 e. The smallest absolute Gasteiger partial charge is 0.256 e. The third-order valence-electron chi connectivity index (χ3n) is 4.55. The van der Waals surface area contributed by atoms with Crippen molar-refractivity contribution in [2.24, 2.45) is 4.40 Å². The number of carbonyl (C=O) groups is 1. The molecule has 0 bridgehead atoms. The molecule has 3 heterocycles. The fraction of sp³-hybridized carbons (Fsp3) is 0.625. The molecule has 0 spiro atoms. The molecule has 3 rings (SSSR count). The van der Waals surface area contributed by atoms with E-state index in [0.29, 0.717) is 18.0 Å². The van der Waals surface area contributed by atoms with Gasteiger partial charge in [-0.1, -0.05) is 6.92 Å². The van der Waals surface area contributed by atoms with Crippen molar-refractivity contribution < 1.29 is 13.2 Å². The molecule has 24 heavy (non-hydrogen) atoms. The van der Waals surface area contributed by atoms with E-state index in [0.717, 1.165) is 38.9 Å². The van der Waals surface area contributed by atoms with Gasteiger partial charge in [-0.3, -0.25) is 4.79 Å². The molecule has 3 aliphatic heterocycles. The Balaban J connectivity index is 1.57. The van der Waals surface area contributed by atoms with Gasteiger partial charge in [-0.2, -0.15) is 0 Å². The van der Waals surface area contributed by atoms with Crippen molar-refractivity contribution in [2.45, 2.75) is 32.2 Å². The van der Waals surface area contributed by atoms with Crippen LogP contribution in [0.25, 0.3) is 0 Å². The van der Waals surface area contributed by atoms with Gasteiger partial charge in [-0.15, -0.1) is 4.40 Å². The van der Waals surface area contributed by atoms with Gasteiger partial charge in [-0.05, 0) is 38.0 Å². The summed E-state index contributed by atoms with van der Waals surface area (Å²) in [6.07, 6.45) is 8.02. The van der Waals surface area contributed by atoms with E-state index in [1.165, 1.54) is 0 Å². The minimum atomic E-state index is -3.36. The first-order chi connectivity index (χ1) is 11.5. The van der Waals surface area contributed by atoms with Crippen LogP contribution in [-0.4, -0.2) is 67.9 Å². The molecule has 1 fully saturated rings. The van der Waals surface area contributed by atoms with Gasteiger partial charge in [0, 0.05) is 31.9 Å². The number of nitrogens with zero attached hydrogens (tertiary/aromatic N) is 3. The van der Waals surface area contributed by atoms with E-state index in [9.17, 15) is 13.2 Å². The van der Waals surface area contributed by atoms with E-state index in [1.807, 2.05) is 0 Å². The summed E-state index contributed by atoms with van der Waals surface area (Å²) in [6.45, 7) is 5.67. The molecule has 3 aliphatic rings. The highest BCUT2D eigenvalue weighted by molar-refractivity contribution is 7.90. The predicted octanol–water partition coefficient (Wildman–Crippen LogP) is 0.475. The summed E-state index contributed by atoms with van der Waals surface area (Å²) in [5.41, 5.74) is 0.546. The van der Waals surface area contributed by atoms with Gasteiger partial charge in [0.2, 0.25) is 0 Å². The van der Waals surface area contributed by atoms with Gasteiger partial charge in [-0.25, -0.2) is 8.42 Å². The Hall–Kier alpha value is -1.67. The number of piperidine rings is 1. The lowest BCUT2D eigenvalue weighted by Crippen LogP contribution is -2.45. The number of likely N-dealkylation sites (tertiary alicyclic amines) is 1. The van der Waals surface area contributed by atoms with E-state index in [-0.39, 0.29) is 17.7 Å². The number of hydrogen-bond acceptors (Lipinski definition) is 5. The van der Waals surface area contributed by atoms with Crippen molar-refractivity contribution in [3.05, 3.63) is 23.9 Å². The number of amides is 1. The highest BCUT2D eigenvalue weighted by Crippen LogP contribution is 2.17. The van der Waals surface area contributed by atoms with Gasteiger partial charge >= 0.3 is 0 Å². The number of hydrogen-bond donors (Lipinski definition) is 1. The standard InChI is InChI=1S/C16H24N4O3S/c1-2-7-19-8-5-14(6-9-19)17-16(21)13-3-4-15-18-24(22,23)11-10-20(15)12-13/h3-4,12,14H,2,5-11H2,1H3,(H,17,21). The quantitative estimate of drug-likeness (QED) is 0.796. The lowest BCUT2D eigenvalue weighted by molar-refractivity contribution is -0.118. The Morgan fingerprint density at radius 1 is 1.29 bits per heavy atom. The molecule has 8 heteroatoms. The summed E-state index contributed by atoms with van der Waals surface area (Å²) in [5, 5.41) is 3.09. The molecule has 1 saturated heterocycles. The first-order valence-corrected chi connectivity index (χ1v) is 10.1. The monoisotopic (exact) mass is 352 g/mol. The Morgan fingerprint density at radius 3 is 2.75 bits per heavy atom. The topological polar surface area (TPSA) is 82.1 Å². The van der Waals surface area contributed by atoms with Crippen molar-refractivity contribution in [3.8, 4) is 0 Å². The molecule has 0 aromatic rings. The van der Waals surface area contributed by atoms with Crippen LogP contribution >= 0.6 is 0 Å². The molecule has 0 radical (unpaired) electrons. The summed E-state index contributed by atoms with van der Waals surface area (Å²) < 4.78 is 26.7. The van der Waals surface area contributed by atoms with Crippen LogP contribution in [0, 0.1) is 0 Å². The minimum absolute atomic E-state index is 0.0222. The van der Waals surface area contributed by atoms with Crippen molar-refractivity contribution in [2.75, 3.05) is 31.9 Å². The molecule has 1 N–H and O–H groups in total. The van der Waals surface area contributed by atoms with Gasteiger partial charge in [0.05, 0.1) is 11.3 Å². The fourth-order valence-corrected chi connectivity index (χ4v) is 4.19. The van der Waals surface area contributed by atoms with Crippen LogP contribution in [0.5, 0.6) is 0 Å². The van der Waals surface area contributed by atoms with Crippen molar-refractivity contribution in [3.63, 3.8) is 0 Å². The largest absolute Gasteiger partial charge is 0.349 e. The molecule has 0 aromatic heterocycles. The average molecular weight is 352 g/mol. The predicted molar refractivity (Wildman–Crippen MR) is 93.0 cm³/mol. The molecule has 0 saturated carbocycles. The van der Waals surface area contributed by atoms with Crippen LogP contribution in [0.1, 0.15) is 26.2 Å². The molecular weight excluding hydrogens is 328 g/mol. The number of fused-ring (bicyclic) bond motifs is 1. The number of rotatable bonds is 4. The summed E-state index contributed by atoms with van der Waals surface area (Å²) in [7, 11) is -3.36. The molecule has 0 atom stereocenters. The lowest BCUT2D eigenvalue weighted by atomic mass is 10.0. The number of nitrogens with one attached hydrogen (secondary N) is 1. The molecular formula is C16H24N4O3S. The Kier molecular flexibility index (Phi) is 5.05. The maximum Gasteiger partial charge on any atom is 0.256 e. The second-order valence-corrected chi connectivity index (χ2v) is 8.19. The molecule has 0 unspecified atom stereocenters. The zero-order valence-electron chi connectivity index (χ0n) is 13.9. The van der Waals surface area contributed by atoms with Gasteiger partial charge in [0.1, 0.15) is 5.84 Å². The molecule has 1 amide bonds. The van der Waals surface area contributed by atoms with Crippen LogP contribution in [0.15, 0.2) is 28.3 Å². The second-order valence-electron chi connectivity index (χ2n) is 6.44. The first kappa shape index (κ1) is 17.2. The van der Waals surface area contributed by atoms with Crippen LogP contribution in [0.4, 0.5) is 0 Å². The SMILES string of the molecule is CCCN1CCC(NC(=O)C2=CN3CCS(=O)(=O)N=C3C=C2)CC1. The van der Waals surface area contributed by atoms with Gasteiger partial charge < -0.3 is 15.1 Å². The Bertz CT molecular complexity index is 688. The van der Waals surface area contributed by atoms with Crippen LogP contribution in [0.3, 0.4) is 0 Å². The van der Waals surface area contributed by atoms with Crippen molar-refractivity contribution in [1.29, 1.82) is 0 Å². The second kappa shape index (κ2) is 7.06. The number of sulfonamides is 1. The fourth-order valence-electron chi connectivity index (χ4n) is 3.22. The first-order valence-electron chi connectivity index (χ1n) is 8.49. The molecule has 0 aliphatic carbocycles. The zero-order chi connectivity index (χ0) is 17.2. The maximum absolute atomic E-state index is 12.4. The summed E-state index contributed by atoms with van der Waals surface area (Å²) >= 11 is 0. The third-order valence-corrected chi connectivity index (χ3v) is 5.71. The van der Waals surface area contributed by atoms with Gasteiger partial charge in [0.15, 0.2) is 0 Å². The zero-order valence-corrected chi connectivity index (χ0v) is 14.8. The number of amidine groups is 1. The lowest BCUT2D eigenvalue weighted by Gasteiger charge is -2.32. The highest BCUT2D eigenvalue weighted by Gasteiger charge is 2.26. The summed E-state index contributed by atoms with van der Waals surface area (Å²) in [4.78, 5) is 16.6. The normalized spacial score (nSPS) is 24.1. The summed E-state index contributed by atoms with van der Waals surface area (Å²) in [6, 6.07) is 0.205. The molecule has 0 aromatic carbocycles. The maximum atomic E-state index is 12.4. The van der Waals surface area contributed by atoms with Gasteiger partial charge in [0.25, 0.3) is 15.9 Å². The van der Waals surface area contributed by atoms with Crippen LogP contribution in [-0.2, 0) is 14.8 Å². The van der Waals surface area contributed by atoms with Crippen LogP contribution < -0.4 is 5.32 Å². The Morgan fingerprint density at radius 2 is 2.04 bits per heavy atom.